The molecule has 0 bridgehead atoms. The molecule has 0 aromatic rings. The maximum atomic E-state index is 11.9. The second kappa shape index (κ2) is 10.5. The summed E-state index contributed by atoms with van der Waals surface area (Å²) in [6, 6.07) is 0. The zero-order valence-electron chi connectivity index (χ0n) is 13.2. The Labute approximate surface area is 144 Å². The van der Waals surface area contributed by atoms with Crippen molar-refractivity contribution in [3.8, 4) is 0 Å². The molecule has 0 radical (unpaired) electrons. The van der Waals surface area contributed by atoms with Crippen LogP contribution in [0.4, 0.5) is 0 Å². The van der Waals surface area contributed by atoms with E-state index in [2.05, 4.69) is 0 Å². The highest BCUT2D eigenvalue weighted by Gasteiger charge is 2.18. The molecule has 0 spiro atoms. The number of esters is 1. The second-order valence-electron chi connectivity index (χ2n) is 4.39. The lowest BCUT2D eigenvalue weighted by Gasteiger charge is -2.12. The topological polar surface area (TPSA) is 70.1 Å². The first kappa shape index (κ1) is 20.8. The molecule has 0 heterocycles. The van der Waals surface area contributed by atoms with Crippen LogP contribution in [0.15, 0.2) is 22.2 Å². The number of carboxylic acids is 1. The Hall–Kier alpha value is -1.19. The highest BCUT2D eigenvalue weighted by molar-refractivity contribution is 8.50. The summed E-state index contributed by atoms with van der Waals surface area (Å²) in [6.45, 7) is 1.97. The molecule has 0 aliphatic rings. The van der Waals surface area contributed by atoms with Gasteiger partial charge >= 0.3 is 11.9 Å². The molecular formula is C13H20N2O4S3. The van der Waals surface area contributed by atoms with Gasteiger partial charge in [-0.25, -0.2) is 9.59 Å². The molecule has 0 aliphatic carbocycles. The molecule has 0 unspecified atom stereocenters. The molecule has 22 heavy (non-hydrogen) atoms. The molecule has 1 N–H and O–H groups in total. The predicted octanol–water partition coefficient (Wildman–Crippen LogP) is 2.19. The summed E-state index contributed by atoms with van der Waals surface area (Å²) in [4.78, 5) is 26.7. The zero-order chi connectivity index (χ0) is 17.3. The Morgan fingerprint density at radius 3 is 1.95 bits per heavy atom. The van der Waals surface area contributed by atoms with Crippen LogP contribution in [0.1, 0.15) is 6.92 Å². The number of thiocarbonyl (C=S) groups is 1. The second-order valence-corrected chi connectivity index (χ2v) is 7.68. The van der Waals surface area contributed by atoms with Gasteiger partial charge < -0.3 is 19.6 Å². The molecule has 0 saturated carbocycles. The van der Waals surface area contributed by atoms with Crippen molar-refractivity contribution in [1.82, 2.24) is 9.80 Å². The molecule has 124 valence electrons. The van der Waals surface area contributed by atoms with Gasteiger partial charge in [0.1, 0.15) is 13.3 Å². The van der Waals surface area contributed by atoms with Gasteiger partial charge in [0.25, 0.3) is 0 Å². The highest BCUT2D eigenvalue weighted by atomic mass is 32.2. The van der Waals surface area contributed by atoms with Crippen LogP contribution < -0.4 is 0 Å². The molecule has 0 aromatic carbocycles. The average molecular weight is 365 g/mol. The third-order valence-corrected chi connectivity index (χ3v) is 4.15. The van der Waals surface area contributed by atoms with Gasteiger partial charge in [0, 0.05) is 40.6 Å². The fourth-order valence-electron chi connectivity index (χ4n) is 1.12. The average Bonchev–Trinajstić information content (AvgIpc) is 2.36. The monoisotopic (exact) mass is 364 g/mol. The number of nitrogens with zero attached hydrogens (tertiary/aromatic N) is 2. The van der Waals surface area contributed by atoms with Gasteiger partial charge in [0.2, 0.25) is 0 Å². The lowest BCUT2D eigenvalue weighted by Crippen LogP contribution is -2.12. The van der Waals surface area contributed by atoms with E-state index in [1.54, 1.807) is 51.1 Å². The van der Waals surface area contributed by atoms with E-state index in [1.807, 2.05) is 0 Å². The Morgan fingerprint density at radius 1 is 1.09 bits per heavy atom. The van der Waals surface area contributed by atoms with Crippen LogP contribution in [0.3, 0.4) is 0 Å². The van der Waals surface area contributed by atoms with E-state index in [-0.39, 0.29) is 11.5 Å². The summed E-state index contributed by atoms with van der Waals surface area (Å²) in [5.41, 5.74) is 0. The van der Waals surface area contributed by atoms with Crippen molar-refractivity contribution in [2.75, 3.05) is 34.8 Å². The van der Waals surface area contributed by atoms with Gasteiger partial charge in [-0.2, -0.15) is 0 Å². The largest absolute Gasteiger partial charge is 0.477 e. The van der Waals surface area contributed by atoms with E-state index >= 15 is 0 Å². The summed E-state index contributed by atoms with van der Waals surface area (Å²) in [5, 5.41) is 9.14. The van der Waals surface area contributed by atoms with Crippen LogP contribution in [0.25, 0.3) is 0 Å². The molecule has 0 aromatic heterocycles. The molecular weight excluding hydrogens is 344 g/mol. The smallest absolute Gasteiger partial charge is 0.346 e. The lowest BCUT2D eigenvalue weighted by atomic mass is 10.6. The number of aliphatic carboxylic acids is 1. The van der Waals surface area contributed by atoms with Crippen molar-refractivity contribution in [1.29, 1.82) is 0 Å². The summed E-state index contributed by atoms with van der Waals surface area (Å²) >= 11 is 7.10. The standard InChI is InChI=1S/C13H20N2O4S3/c1-6-19-12(18)10(8-15(4)5)22-13(20)21-9(11(16)17)7-14(2)3/h7-8H,6H2,1-5H3,(H,16,17)/b9-7?,10-8-. The van der Waals surface area contributed by atoms with Crippen molar-refractivity contribution in [3.05, 3.63) is 22.2 Å². The minimum Gasteiger partial charge on any atom is -0.477 e. The number of ether oxygens (including phenoxy) is 1. The summed E-state index contributed by atoms with van der Waals surface area (Å²) < 4.78 is 5.26. The first-order valence-corrected chi connectivity index (χ1v) is 8.28. The fraction of sp³-hybridized carbons (Fsp3) is 0.462. The number of hydrogen-bond acceptors (Lipinski definition) is 8. The molecule has 9 heteroatoms. The van der Waals surface area contributed by atoms with E-state index < -0.39 is 11.9 Å². The molecule has 0 aliphatic heterocycles. The number of thioether (sulfide) groups is 2. The van der Waals surface area contributed by atoms with Crippen molar-refractivity contribution >= 4 is 51.2 Å². The van der Waals surface area contributed by atoms with Crippen LogP contribution in [0, 0.1) is 0 Å². The van der Waals surface area contributed by atoms with Crippen LogP contribution in [-0.2, 0) is 14.3 Å². The number of rotatable bonds is 7. The first-order chi connectivity index (χ1) is 10.2. The Balaban J connectivity index is 5.04. The highest BCUT2D eigenvalue weighted by Crippen LogP contribution is 2.31. The number of carboxylic acid groups (broad SMARTS) is 1. The minimum absolute atomic E-state index is 0.0792. The van der Waals surface area contributed by atoms with E-state index in [1.165, 1.54) is 6.20 Å². The minimum atomic E-state index is -1.07. The van der Waals surface area contributed by atoms with Gasteiger partial charge in [0.05, 0.1) is 6.61 Å². The van der Waals surface area contributed by atoms with Crippen LogP contribution in [-0.4, -0.2) is 65.2 Å². The quantitative estimate of drug-likeness (QED) is 0.416. The van der Waals surface area contributed by atoms with Crippen molar-refractivity contribution < 1.29 is 19.4 Å². The van der Waals surface area contributed by atoms with E-state index in [4.69, 9.17) is 22.1 Å². The predicted molar refractivity (Wildman–Crippen MR) is 95.6 cm³/mol. The summed E-state index contributed by atoms with van der Waals surface area (Å²) in [5.74, 6) is -1.56. The molecule has 0 amide bonds. The van der Waals surface area contributed by atoms with Gasteiger partial charge in [-0.15, -0.1) is 0 Å². The van der Waals surface area contributed by atoms with E-state index in [9.17, 15) is 9.59 Å². The van der Waals surface area contributed by atoms with Crippen LogP contribution in [0.5, 0.6) is 0 Å². The van der Waals surface area contributed by atoms with Crippen LogP contribution >= 0.6 is 35.7 Å². The maximum Gasteiger partial charge on any atom is 0.346 e. The van der Waals surface area contributed by atoms with Crippen molar-refractivity contribution in [2.24, 2.45) is 0 Å². The lowest BCUT2D eigenvalue weighted by molar-refractivity contribution is -0.137. The molecule has 0 saturated heterocycles. The Morgan fingerprint density at radius 2 is 1.55 bits per heavy atom. The van der Waals surface area contributed by atoms with E-state index in [0.717, 1.165) is 23.5 Å². The van der Waals surface area contributed by atoms with Crippen molar-refractivity contribution in [2.45, 2.75) is 6.92 Å². The van der Waals surface area contributed by atoms with Gasteiger partial charge in [-0.1, -0.05) is 35.7 Å². The molecule has 6 nitrogen and oxygen atoms in total. The third-order valence-electron chi connectivity index (χ3n) is 1.82. The fourth-order valence-corrected chi connectivity index (χ4v) is 3.48. The third kappa shape index (κ3) is 8.96. The SMILES string of the molecule is CCOC(=O)/C(=C/N(C)C)SC(=S)SC(=CN(C)C)C(=O)O. The van der Waals surface area contributed by atoms with Gasteiger partial charge in [0.15, 0.2) is 0 Å². The van der Waals surface area contributed by atoms with E-state index in [0.29, 0.717) is 8.43 Å². The van der Waals surface area contributed by atoms with Gasteiger partial charge in [-0.05, 0) is 6.92 Å². The summed E-state index contributed by atoms with van der Waals surface area (Å²) in [7, 11) is 6.97. The zero-order valence-corrected chi connectivity index (χ0v) is 15.6. The number of carbonyl (C=O) groups excluding carboxylic acids is 1. The first-order valence-electron chi connectivity index (χ1n) is 6.23. The van der Waals surface area contributed by atoms with Crippen LogP contribution in [0.2, 0.25) is 0 Å². The number of carbonyl (C=O) groups is 2. The summed E-state index contributed by atoms with van der Waals surface area (Å²) in [6.07, 6.45) is 3.05. The Kier molecular flexibility index (Phi) is 9.95. The van der Waals surface area contributed by atoms with Crippen molar-refractivity contribution in [3.63, 3.8) is 0 Å². The number of hydrogen-bond donors (Lipinski definition) is 1. The molecule has 0 fully saturated rings. The normalized spacial score (nSPS) is 11.9. The molecule has 0 rings (SSSR count). The van der Waals surface area contributed by atoms with Gasteiger partial charge in [-0.3, -0.25) is 0 Å². The Bertz CT molecular complexity index is 488. The molecule has 0 atom stereocenters. The maximum absolute atomic E-state index is 11.9.